The van der Waals surface area contributed by atoms with Crippen molar-refractivity contribution in [2.75, 3.05) is 18.1 Å². The Labute approximate surface area is 157 Å². The van der Waals surface area contributed by atoms with Crippen LogP contribution in [0.25, 0.3) is 10.2 Å². The highest BCUT2D eigenvalue weighted by atomic mass is 32.1. The molecular formula is C19H15F3N2O2S. The number of thiazole rings is 1. The van der Waals surface area contributed by atoms with Crippen LogP contribution in [0.1, 0.15) is 23.2 Å². The fraction of sp³-hybridized carbons (Fsp3) is 0.263. The van der Waals surface area contributed by atoms with Crippen LogP contribution in [0.2, 0.25) is 0 Å². The maximum Gasteiger partial charge on any atom is 0.263 e. The van der Waals surface area contributed by atoms with Gasteiger partial charge in [-0.05, 0) is 37.1 Å². The molecule has 2 heterocycles. The van der Waals surface area contributed by atoms with E-state index in [-0.39, 0.29) is 28.9 Å². The first-order valence-electron chi connectivity index (χ1n) is 8.46. The van der Waals surface area contributed by atoms with Crippen molar-refractivity contribution in [2.24, 2.45) is 0 Å². The molecule has 27 heavy (non-hydrogen) atoms. The highest BCUT2D eigenvalue weighted by Crippen LogP contribution is 2.32. The van der Waals surface area contributed by atoms with Crippen LogP contribution in [0.5, 0.6) is 0 Å². The lowest BCUT2D eigenvalue weighted by Gasteiger charge is -2.23. The van der Waals surface area contributed by atoms with Gasteiger partial charge < -0.3 is 4.74 Å². The van der Waals surface area contributed by atoms with Crippen LogP contribution in [-0.4, -0.2) is 30.1 Å². The molecule has 0 saturated carbocycles. The summed E-state index contributed by atoms with van der Waals surface area (Å²) >= 11 is 1.14. The first-order valence-corrected chi connectivity index (χ1v) is 9.28. The number of carbonyl (C=O) groups excluding carboxylic acids is 1. The molecule has 1 amide bonds. The number of fused-ring (bicyclic) bond motifs is 1. The van der Waals surface area contributed by atoms with Crippen LogP contribution in [0.15, 0.2) is 36.4 Å². The molecule has 0 bridgehead atoms. The van der Waals surface area contributed by atoms with Gasteiger partial charge in [0.25, 0.3) is 5.91 Å². The van der Waals surface area contributed by atoms with Crippen molar-refractivity contribution >= 4 is 32.6 Å². The highest BCUT2D eigenvalue weighted by Gasteiger charge is 2.29. The number of para-hydroxylation sites is 1. The molecule has 0 aliphatic carbocycles. The number of hydrogen-bond donors (Lipinski definition) is 0. The van der Waals surface area contributed by atoms with E-state index in [1.54, 1.807) is 12.1 Å². The molecule has 1 aliphatic rings. The van der Waals surface area contributed by atoms with E-state index < -0.39 is 23.4 Å². The van der Waals surface area contributed by atoms with E-state index in [0.717, 1.165) is 36.3 Å². The summed E-state index contributed by atoms with van der Waals surface area (Å²) < 4.78 is 47.6. The maximum atomic E-state index is 14.2. The van der Waals surface area contributed by atoms with Crippen LogP contribution in [0.3, 0.4) is 0 Å². The second kappa shape index (κ2) is 7.28. The van der Waals surface area contributed by atoms with Crippen molar-refractivity contribution in [1.29, 1.82) is 0 Å². The van der Waals surface area contributed by atoms with E-state index >= 15 is 0 Å². The minimum atomic E-state index is -0.954. The summed E-state index contributed by atoms with van der Waals surface area (Å²) in [6, 6.07) is 7.34. The van der Waals surface area contributed by atoms with Crippen LogP contribution in [-0.2, 0) is 4.74 Å². The number of halogens is 3. The fourth-order valence-corrected chi connectivity index (χ4v) is 4.05. The Morgan fingerprint density at radius 2 is 2.07 bits per heavy atom. The van der Waals surface area contributed by atoms with Gasteiger partial charge in [-0.1, -0.05) is 17.4 Å². The Bertz CT molecular complexity index is 1000. The molecular weight excluding hydrogens is 377 g/mol. The third-order valence-corrected chi connectivity index (χ3v) is 5.45. The second-order valence-electron chi connectivity index (χ2n) is 6.26. The van der Waals surface area contributed by atoms with Gasteiger partial charge in [-0.25, -0.2) is 18.2 Å². The van der Waals surface area contributed by atoms with E-state index in [1.165, 1.54) is 11.0 Å². The summed E-state index contributed by atoms with van der Waals surface area (Å²) in [6.45, 7) is 0.753. The summed E-state index contributed by atoms with van der Waals surface area (Å²) in [7, 11) is 0. The Morgan fingerprint density at radius 1 is 1.22 bits per heavy atom. The number of hydrogen-bond acceptors (Lipinski definition) is 4. The molecule has 4 rings (SSSR count). The third kappa shape index (κ3) is 3.54. The monoisotopic (exact) mass is 392 g/mol. The Kier molecular flexibility index (Phi) is 4.84. The molecule has 4 nitrogen and oxygen atoms in total. The minimum absolute atomic E-state index is 0.155. The first kappa shape index (κ1) is 17.9. The van der Waals surface area contributed by atoms with Crippen LogP contribution < -0.4 is 4.90 Å². The molecule has 3 aromatic rings. The first-order chi connectivity index (χ1) is 13.0. The SMILES string of the molecule is O=C(c1ccc(F)cc1F)N(CC1CCCO1)c1nc2c(F)cccc2s1. The molecule has 1 aromatic heterocycles. The average molecular weight is 392 g/mol. The number of rotatable bonds is 4. The van der Waals surface area contributed by atoms with E-state index in [4.69, 9.17) is 4.74 Å². The van der Waals surface area contributed by atoms with Gasteiger partial charge in [-0.15, -0.1) is 0 Å². The zero-order valence-electron chi connectivity index (χ0n) is 14.1. The zero-order valence-corrected chi connectivity index (χ0v) is 14.9. The van der Waals surface area contributed by atoms with Crippen LogP contribution in [0, 0.1) is 17.5 Å². The fourth-order valence-electron chi connectivity index (χ4n) is 3.07. The Balaban J connectivity index is 1.75. The third-order valence-electron chi connectivity index (χ3n) is 4.41. The molecule has 1 unspecified atom stereocenters. The molecule has 2 aromatic carbocycles. The Hall–Kier alpha value is -2.45. The normalized spacial score (nSPS) is 16.8. The lowest BCUT2D eigenvalue weighted by molar-refractivity contribution is 0.0914. The molecule has 1 fully saturated rings. The average Bonchev–Trinajstić information content (AvgIpc) is 3.29. The number of benzene rings is 2. The lowest BCUT2D eigenvalue weighted by atomic mass is 10.1. The van der Waals surface area contributed by atoms with Crippen molar-refractivity contribution < 1.29 is 22.7 Å². The molecule has 8 heteroatoms. The molecule has 1 saturated heterocycles. The van der Waals surface area contributed by atoms with Crippen molar-refractivity contribution in [3.63, 3.8) is 0 Å². The standard InChI is InChI=1S/C19H15F3N2O2S/c20-11-6-7-13(15(22)9-11)18(25)24(10-12-3-2-8-26-12)19-23-17-14(21)4-1-5-16(17)27-19/h1,4-7,9,12H,2-3,8,10H2. The van der Waals surface area contributed by atoms with Crippen molar-refractivity contribution in [3.05, 3.63) is 59.4 Å². The number of aromatic nitrogens is 1. The van der Waals surface area contributed by atoms with Gasteiger partial charge in [0.2, 0.25) is 0 Å². The number of nitrogens with zero attached hydrogens (tertiary/aromatic N) is 2. The van der Waals surface area contributed by atoms with Gasteiger partial charge in [-0.2, -0.15) is 0 Å². The summed E-state index contributed by atoms with van der Waals surface area (Å²) in [5.41, 5.74) is -0.114. The van der Waals surface area contributed by atoms with Crippen molar-refractivity contribution in [3.8, 4) is 0 Å². The van der Waals surface area contributed by atoms with Gasteiger partial charge >= 0.3 is 0 Å². The lowest BCUT2D eigenvalue weighted by Crippen LogP contribution is -2.38. The van der Waals surface area contributed by atoms with Crippen molar-refractivity contribution in [2.45, 2.75) is 18.9 Å². The number of carbonyl (C=O) groups is 1. The van der Waals surface area contributed by atoms with Gasteiger partial charge in [0, 0.05) is 12.7 Å². The molecule has 1 atom stereocenters. The summed E-state index contributed by atoms with van der Waals surface area (Å²) in [4.78, 5) is 18.5. The van der Waals surface area contributed by atoms with E-state index in [0.29, 0.717) is 17.4 Å². The summed E-state index contributed by atoms with van der Waals surface area (Å²) in [6.07, 6.45) is 1.41. The number of anilines is 1. The topological polar surface area (TPSA) is 42.4 Å². The largest absolute Gasteiger partial charge is 0.376 e. The molecule has 0 radical (unpaired) electrons. The highest BCUT2D eigenvalue weighted by molar-refractivity contribution is 7.22. The van der Waals surface area contributed by atoms with Gasteiger partial charge in [0.1, 0.15) is 23.0 Å². The number of amides is 1. The zero-order chi connectivity index (χ0) is 19.0. The van der Waals surface area contributed by atoms with Crippen LogP contribution in [0.4, 0.5) is 18.3 Å². The predicted octanol–water partition coefficient (Wildman–Crippen LogP) is 4.54. The predicted molar refractivity (Wildman–Crippen MR) is 96.6 cm³/mol. The quantitative estimate of drug-likeness (QED) is 0.655. The molecule has 0 N–H and O–H groups in total. The van der Waals surface area contributed by atoms with E-state index in [2.05, 4.69) is 4.98 Å². The van der Waals surface area contributed by atoms with E-state index in [1.807, 2.05) is 0 Å². The van der Waals surface area contributed by atoms with Crippen LogP contribution >= 0.6 is 11.3 Å². The maximum absolute atomic E-state index is 14.2. The summed E-state index contributed by atoms with van der Waals surface area (Å²) in [5.74, 6) is -2.88. The van der Waals surface area contributed by atoms with Gasteiger partial charge in [0.05, 0.1) is 22.9 Å². The Morgan fingerprint density at radius 3 is 2.78 bits per heavy atom. The van der Waals surface area contributed by atoms with E-state index in [9.17, 15) is 18.0 Å². The summed E-state index contributed by atoms with van der Waals surface area (Å²) in [5, 5.41) is 0.249. The van der Waals surface area contributed by atoms with Crippen molar-refractivity contribution in [1.82, 2.24) is 4.98 Å². The molecule has 0 spiro atoms. The second-order valence-corrected chi connectivity index (χ2v) is 7.27. The molecule has 1 aliphatic heterocycles. The smallest absolute Gasteiger partial charge is 0.263 e. The van der Waals surface area contributed by atoms with Gasteiger partial charge in [0.15, 0.2) is 5.13 Å². The molecule has 140 valence electrons. The number of ether oxygens (including phenoxy) is 1. The van der Waals surface area contributed by atoms with Gasteiger partial charge in [-0.3, -0.25) is 9.69 Å². The minimum Gasteiger partial charge on any atom is -0.376 e.